The molecule has 268 valence electrons. The van der Waals surface area contributed by atoms with Gasteiger partial charge in [-0.1, -0.05) is 43.7 Å². The minimum absolute atomic E-state index is 0.0302. The predicted molar refractivity (Wildman–Crippen MR) is 199 cm³/mol. The van der Waals surface area contributed by atoms with E-state index in [1.165, 1.54) is 22.5 Å². The Morgan fingerprint density at radius 1 is 1.20 bits per heavy atom. The summed E-state index contributed by atoms with van der Waals surface area (Å²) in [6.45, 7) is 8.18. The van der Waals surface area contributed by atoms with E-state index in [-0.39, 0.29) is 41.1 Å². The number of amides is 2. The summed E-state index contributed by atoms with van der Waals surface area (Å²) >= 11 is 7.85. The zero-order chi connectivity index (χ0) is 35.5. The fourth-order valence-electron chi connectivity index (χ4n) is 7.37. The third-order valence-corrected chi connectivity index (χ3v) is 13.2. The first-order valence-electron chi connectivity index (χ1n) is 17.4. The maximum Gasteiger partial charge on any atom is 0.286 e. The Morgan fingerprint density at radius 3 is 2.82 bits per heavy atom. The standard InChI is InChI=1S/C37H46ClN5O5S2/c1-24-21-43-22-37(17-8-9-27-19-29(38)12-13-30(27)37)23-48-33-14-11-28(20-31(33)43)36(45)42-50(46,18-7-5-6-10-32(47-4)25(24)2)41-34(44)15-16-35-40-39-26(3)49-35/h6,10-14,19-20,24-25,32H,5,7-9,15-18,21-23H2,1-4H3,(H,41,42,44,45,46)/b10-6+/t24-,25+,32-,37-,50?/m0/s1. The van der Waals surface area contributed by atoms with Gasteiger partial charge in [-0.2, -0.15) is 0 Å². The average Bonchev–Trinajstić information content (AvgIpc) is 3.45. The van der Waals surface area contributed by atoms with Crippen LogP contribution in [0, 0.1) is 18.8 Å². The minimum Gasteiger partial charge on any atom is -0.490 e. The van der Waals surface area contributed by atoms with Gasteiger partial charge in [0.2, 0.25) is 5.91 Å². The molecule has 50 heavy (non-hydrogen) atoms. The second-order valence-electron chi connectivity index (χ2n) is 13.9. The molecule has 1 spiro atoms. The number of hydrogen-bond donors (Lipinski definition) is 1. The van der Waals surface area contributed by atoms with Gasteiger partial charge in [-0.3, -0.25) is 14.3 Å². The molecule has 3 aliphatic rings. The molecule has 5 atom stereocenters. The summed E-state index contributed by atoms with van der Waals surface area (Å²) in [5.74, 6) is 0.0128. The van der Waals surface area contributed by atoms with Crippen LogP contribution in [-0.2, 0) is 37.7 Å². The van der Waals surface area contributed by atoms with Gasteiger partial charge < -0.3 is 14.4 Å². The molecule has 6 rings (SSSR count). The molecule has 0 saturated carbocycles. The second kappa shape index (κ2) is 15.5. The van der Waals surface area contributed by atoms with E-state index in [9.17, 15) is 13.8 Å². The lowest BCUT2D eigenvalue weighted by Gasteiger charge is -2.42. The van der Waals surface area contributed by atoms with Crippen LogP contribution in [-0.4, -0.2) is 64.9 Å². The summed E-state index contributed by atoms with van der Waals surface area (Å²) in [6, 6.07) is 11.5. The highest BCUT2D eigenvalue weighted by Crippen LogP contribution is 2.45. The number of hydrogen-bond acceptors (Lipinski definition) is 9. The molecule has 1 aliphatic carbocycles. The molecule has 2 amide bonds. The van der Waals surface area contributed by atoms with E-state index in [4.69, 9.17) is 21.1 Å². The number of methoxy groups -OCH3 is 1. The van der Waals surface area contributed by atoms with Gasteiger partial charge >= 0.3 is 0 Å². The molecule has 0 saturated heterocycles. The molecule has 3 heterocycles. The topological polar surface area (TPSA) is 123 Å². The van der Waals surface area contributed by atoms with Crippen molar-refractivity contribution >= 4 is 50.4 Å². The van der Waals surface area contributed by atoms with Gasteiger partial charge in [0.15, 0.2) is 0 Å². The maximum atomic E-state index is 14.2. The van der Waals surface area contributed by atoms with E-state index >= 15 is 0 Å². The molecule has 1 unspecified atom stereocenters. The van der Waals surface area contributed by atoms with Gasteiger partial charge in [0, 0.05) is 49.0 Å². The molecule has 0 fully saturated rings. The van der Waals surface area contributed by atoms with E-state index in [1.54, 1.807) is 13.2 Å². The Balaban J connectivity index is 1.37. The fraction of sp³-hybridized carbons (Fsp3) is 0.514. The number of benzene rings is 2. The number of carbonyl (C=O) groups excluding carboxylic acids is 2. The van der Waals surface area contributed by atoms with Crippen LogP contribution < -0.4 is 14.4 Å². The number of aryl methyl sites for hydroxylation is 3. The van der Waals surface area contributed by atoms with Gasteiger partial charge in [-0.05, 0) is 92.3 Å². The van der Waals surface area contributed by atoms with Crippen molar-refractivity contribution in [2.24, 2.45) is 16.2 Å². The summed E-state index contributed by atoms with van der Waals surface area (Å²) in [5.41, 5.74) is 3.32. The second-order valence-corrected chi connectivity index (χ2v) is 17.7. The van der Waals surface area contributed by atoms with Crippen LogP contribution in [0.25, 0.3) is 0 Å². The smallest absolute Gasteiger partial charge is 0.286 e. The lowest BCUT2D eigenvalue weighted by Crippen LogP contribution is -2.47. The summed E-state index contributed by atoms with van der Waals surface area (Å²) in [6.07, 6.45) is 8.40. The van der Waals surface area contributed by atoms with Crippen LogP contribution >= 0.6 is 22.9 Å². The molecule has 1 aromatic heterocycles. The lowest BCUT2D eigenvalue weighted by atomic mass is 9.70. The van der Waals surface area contributed by atoms with Gasteiger partial charge in [0.05, 0.1) is 24.2 Å². The highest BCUT2D eigenvalue weighted by Gasteiger charge is 2.42. The molecule has 10 nitrogen and oxygen atoms in total. The zero-order valence-electron chi connectivity index (χ0n) is 29.2. The van der Waals surface area contributed by atoms with Crippen LogP contribution in [0.2, 0.25) is 5.02 Å². The van der Waals surface area contributed by atoms with E-state index in [0.29, 0.717) is 44.7 Å². The number of fused-ring (bicyclic) bond motifs is 3. The lowest BCUT2D eigenvalue weighted by molar-refractivity contribution is -0.119. The van der Waals surface area contributed by atoms with Crippen molar-refractivity contribution in [2.45, 2.75) is 77.2 Å². The van der Waals surface area contributed by atoms with Crippen LogP contribution in [0.3, 0.4) is 0 Å². The largest absolute Gasteiger partial charge is 0.490 e. The summed E-state index contributed by atoms with van der Waals surface area (Å²) in [7, 11) is -1.70. The van der Waals surface area contributed by atoms with Crippen molar-refractivity contribution in [3.05, 3.63) is 80.3 Å². The Morgan fingerprint density at radius 2 is 2.04 bits per heavy atom. The molecular weight excluding hydrogens is 694 g/mol. The molecule has 2 aliphatic heterocycles. The van der Waals surface area contributed by atoms with E-state index in [1.807, 2.05) is 31.2 Å². The first kappa shape index (κ1) is 36.5. The highest BCUT2D eigenvalue weighted by molar-refractivity contribution is 7.92. The first-order chi connectivity index (χ1) is 24.0. The van der Waals surface area contributed by atoms with Crippen molar-refractivity contribution in [2.75, 3.05) is 37.5 Å². The van der Waals surface area contributed by atoms with E-state index in [0.717, 1.165) is 40.0 Å². The molecule has 1 N–H and O–H groups in total. The number of halogens is 1. The number of rotatable bonds is 5. The van der Waals surface area contributed by atoms with Crippen LogP contribution in [0.5, 0.6) is 5.75 Å². The van der Waals surface area contributed by atoms with Crippen molar-refractivity contribution in [1.82, 2.24) is 14.9 Å². The number of nitrogens with one attached hydrogen (secondary N) is 1. The molecule has 2 bridgehead atoms. The number of anilines is 1. The third-order valence-electron chi connectivity index (χ3n) is 10.2. The number of carbonyl (C=O) groups is 2. The van der Waals surface area contributed by atoms with E-state index < -0.39 is 21.7 Å². The van der Waals surface area contributed by atoms with Crippen molar-refractivity contribution in [1.29, 1.82) is 0 Å². The van der Waals surface area contributed by atoms with Crippen molar-refractivity contribution in [3.8, 4) is 5.75 Å². The highest BCUT2D eigenvalue weighted by atomic mass is 35.5. The quantitative estimate of drug-likeness (QED) is 0.281. The number of allylic oxidation sites excluding steroid dienone is 1. The van der Waals surface area contributed by atoms with Gasteiger partial charge in [-0.15, -0.1) is 25.9 Å². The van der Waals surface area contributed by atoms with Crippen molar-refractivity contribution in [3.63, 3.8) is 0 Å². The monoisotopic (exact) mass is 739 g/mol. The van der Waals surface area contributed by atoms with Gasteiger partial charge in [-0.25, -0.2) is 4.21 Å². The zero-order valence-corrected chi connectivity index (χ0v) is 31.5. The molecular formula is C37H46ClN5O5S2. The Bertz CT molecular complexity index is 1890. The van der Waals surface area contributed by atoms with Crippen molar-refractivity contribution < 1.29 is 23.3 Å². The third kappa shape index (κ3) is 8.25. The molecule has 3 aromatic rings. The Hall–Kier alpha value is -3.32. The van der Waals surface area contributed by atoms with Crippen LogP contribution in [0.15, 0.2) is 52.9 Å². The number of nitrogens with zero attached hydrogens (tertiary/aromatic N) is 4. The fourth-order valence-corrected chi connectivity index (χ4v) is 9.91. The van der Waals surface area contributed by atoms with Gasteiger partial charge in [0.25, 0.3) is 5.91 Å². The molecule has 13 heteroatoms. The van der Waals surface area contributed by atoms with Crippen LogP contribution in [0.4, 0.5) is 5.69 Å². The normalized spacial score (nSPS) is 27.8. The minimum atomic E-state index is -3.43. The van der Waals surface area contributed by atoms with Crippen LogP contribution in [0.1, 0.15) is 77.5 Å². The Labute approximate surface area is 304 Å². The first-order valence-corrected chi connectivity index (χ1v) is 20.2. The summed E-state index contributed by atoms with van der Waals surface area (Å²) < 4.78 is 33.6. The predicted octanol–water partition coefficient (Wildman–Crippen LogP) is 6.88. The molecule has 0 radical (unpaired) electrons. The summed E-state index contributed by atoms with van der Waals surface area (Å²) in [5, 5.41) is 10.3. The summed E-state index contributed by atoms with van der Waals surface area (Å²) in [4.78, 5) is 29.2. The average molecular weight is 740 g/mol. The molecule has 2 aromatic carbocycles. The number of aromatic nitrogens is 2. The number of ether oxygens (including phenoxy) is 2. The van der Waals surface area contributed by atoms with E-state index in [2.05, 4.69) is 56.2 Å². The Kier molecular flexibility index (Phi) is 11.3. The SMILES string of the molecule is CO[C@H]1/C=C/CCCS(=O)(NC(=O)CCc2nnc(C)s2)=NC(=O)c2ccc3c(c2)N(C[C@H](C)[C@H]1C)C[C@@]1(CCCc2cc(Cl)ccc21)CO3. The maximum absolute atomic E-state index is 14.2. The van der Waals surface area contributed by atoms with Gasteiger partial charge in [0.1, 0.15) is 25.7 Å².